The highest BCUT2D eigenvalue weighted by molar-refractivity contribution is 5.87. The van der Waals surface area contributed by atoms with Crippen LogP contribution in [-0.2, 0) is 9.59 Å². The van der Waals surface area contributed by atoms with Crippen LogP contribution >= 0.6 is 0 Å². The first-order chi connectivity index (χ1) is 11.3. The predicted molar refractivity (Wildman–Crippen MR) is 97.8 cm³/mol. The molecule has 1 heterocycles. The summed E-state index contributed by atoms with van der Waals surface area (Å²) in [6.45, 7) is 11.1. The molecule has 1 atom stereocenters. The van der Waals surface area contributed by atoms with E-state index >= 15 is 0 Å². The third-order valence-electron chi connectivity index (χ3n) is 4.18. The lowest BCUT2D eigenvalue weighted by atomic mass is 10.1. The zero-order valence-electron chi connectivity index (χ0n) is 15.9. The van der Waals surface area contributed by atoms with E-state index in [1.807, 2.05) is 50.7 Å². The molecule has 0 aromatic rings. The predicted octanol–water partition coefficient (Wildman–Crippen LogP) is 0.799. The van der Waals surface area contributed by atoms with Crippen molar-refractivity contribution in [3.05, 3.63) is 12.2 Å². The van der Waals surface area contributed by atoms with Crippen LogP contribution in [-0.4, -0.2) is 85.9 Å². The van der Waals surface area contributed by atoms with Gasteiger partial charge in [-0.05, 0) is 27.4 Å². The number of amides is 2. The quantitative estimate of drug-likeness (QED) is 0.665. The first-order valence-corrected chi connectivity index (χ1v) is 8.92. The fourth-order valence-corrected chi connectivity index (χ4v) is 2.67. The van der Waals surface area contributed by atoms with Crippen LogP contribution in [0.5, 0.6) is 0 Å². The van der Waals surface area contributed by atoms with Crippen molar-refractivity contribution in [3.8, 4) is 0 Å². The molecule has 1 saturated heterocycles. The number of rotatable bonds is 8. The molecule has 1 rings (SSSR count). The maximum absolute atomic E-state index is 12.0. The summed E-state index contributed by atoms with van der Waals surface area (Å²) in [5.74, 6) is 0.295. The molecule has 24 heavy (non-hydrogen) atoms. The van der Waals surface area contributed by atoms with E-state index in [9.17, 15) is 9.59 Å². The van der Waals surface area contributed by atoms with Gasteiger partial charge in [0.15, 0.2) is 0 Å². The molecular weight excluding hydrogens is 304 g/mol. The number of nitrogens with one attached hydrogen (secondary N) is 1. The maximum atomic E-state index is 12.0. The van der Waals surface area contributed by atoms with Gasteiger partial charge in [0.1, 0.15) is 0 Å². The Morgan fingerprint density at radius 2 is 1.75 bits per heavy atom. The van der Waals surface area contributed by atoms with Crippen molar-refractivity contribution in [2.24, 2.45) is 5.92 Å². The van der Waals surface area contributed by atoms with Gasteiger partial charge in [-0.3, -0.25) is 14.5 Å². The fourth-order valence-electron chi connectivity index (χ4n) is 2.67. The number of hydrogen-bond acceptors (Lipinski definition) is 4. The molecular formula is C18H34N4O2. The summed E-state index contributed by atoms with van der Waals surface area (Å²) in [7, 11) is 3.94. The van der Waals surface area contributed by atoms with Crippen molar-refractivity contribution in [2.45, 2.75) is 33.2 Å². The van der Waals surface area contributed by atoms with Crippen LogP contribution in [0.25, 0.3) is 0 Å². The highest BCUT2D eigenvalue weighted by atomic mass is 16.2. The van der Waals surface area contributed by atoms with Crippen LogP contribution in [0.2, 0.25) is 0 Å². The number of likely N-dealkylation sites (N-methyl/N-ethyl adjacent to an activating group) is 1. The van der Waals surface area contributed by atoms with E-state index < -0.39 is 0 Å². The van der Waals surface area contributed by atoms with Crippen molar-refractivity contribution in [3.63, 3.8) is 0 Å². The number of nitrogens with zero attached hydrogens (tertiary/aromatic N) is 3. The molecule has 0 aromatic carbocycles. The molecule has 0 aromatic heterocycles. The molecule has 1 aliphatic heterocycles. The lowest BCUT2D eigenvalue weighted by Gasteiger charge is -2.36. The van der Waals surface area contributed by atoms with Crippen LogP contribution in [0, 0.1) is 5.92 Å². The van der Waals surface area contributed by atoms with Crippen molar-refractivity contribution in [1.29, 1.82) is 0 Å². The van der Waals surface area contributed by atoms with Crippen LogP contribution < -0.4 is 5.32 Å². The normalized spacial score (nSPS) is 17.7. The molecule has 2 amide bonds. The average Bonchev–Trinajstić information content (AvgIpc) is 2.52. The minimum Gasteiger partial charge on any atom is -0.350 e. The van der Waals surface area contributed by atoms with Crippen LogP contribution in [0.3, 0.4) is 0 Å². The van der Waals surface area contributed by atoms with E-state index in [1.54, 1.807) is 6.08 Å². The Balaban J connectivity index is 2.22. The monoisotopic (exact) mass is 338 g/mol. The molecule has 1 aliphatic rings. The fraction of sp³-hybridized carbons (Fsp3) is 0.778. The highest BCUT2D eigenvalue weighted by Gasteiger charge is 2.22. The largest absolute Gasteiger partial charge is 0.350 e. The van der Waals surface area contributed by atoms with Gasteiger partial charge in [0.2, 0.25) is 11.8 Å². The molecule has 1 fully saturated rings. The van der Waals surface area contributed by atoms with E-state index in [0.29, 0.717) is 0 Å². The average molecular weight is 338 g/mol. The second-order valence-corrected chi connectivity index (χ2v) is 7.18. The molecule has 0 saturated carbocycles. The molecule has 138 valence electrons. The van der Waals surface area contributed by atoms with Gasteiger partial charge in [-0.15, -0.1) is 0 Å². The Kier molecular flexibility index (Phi) is 9.00. The number of carbonyl (C=O) groups is 2. The Morgan fingerprint density at radius 1 is 1.12 bits per heavy atom. The highest BCUT2D eigenvalue weighted by Crippen LogP contribution is 2.08. The Morgan fingerprint density at radius 3 is 2.29 bits per heavy atom. The van der Waals surface area contributed by atoms with Gasteiger partial charge in [-0.2, -0.15) is 0 Å². The van der Waals surface area contributed by atoms with E-state index in [2.05, 4.69) is 10.2 Å². The topological polar surface area (TPSA) is 55.9 Å². The lowest BCUT2D eigenvalue weighted by molar-refractivity contribution is -0.136. The minimum atomic E-state index is -0.0308. The minimum absolute atomic E-state index is 0.0308. The number of piperazine rings is 1. The molecule has 6 heteroatoms. The summed E-state index contributed by atoms with van der Waals surface area (Å²) in [6, 6.07) is 0.150. The van der Waals surface area contributed by atoms with Crippen LogP contribution in [0.1, 0.15) is 27.2 Å². The van der Waals surface area contributed by atoms with Crippen LogP contribution in [0.15, 0.2) is 12.2 Å². The molecule has 0 aliphatic carbocycles. The zero-order chi connectivity index (χ0) is 18.1. The lowest BCUT2D eigenvalue weighted by Crippen LogP contribution is -2.50. The maximum Gasteiger partial charge on any atom is 0.243 e. The zero-order valence-corrected chi connectivity index (χ0v) is 15.9. The summed E-state index contributed by atoms with van der Waals surface area (Å²) < 4.78 is 0. The Labute approximate surface area is 146 Å². The van der Waals surface area contributed by atoms with Gasteiger partial charge < -0.3 is 15.1 Å². The summed E-state index contributed by atoms with van der Waals surface area (Å²) in [4.78, 5) is 30.1. The van der Waals surface area contributed by atoms with E-state index in [4.69, 9.17) is 0 Å². The Bertz CT molecular complexity index is 427. The third-order valence-corrected chi connectivity index (χ3v) is 4.18. The van der Waals surface area contributed by atoms with Crippen molar-refractivity contribution >= 4 is 11.8 Å². The van der Waals surface area contributed by atoms with Gasteiger partial charge in [-0.1, -0.05) is 19.9 Å². The summed E-state index contributed by atoms with van der Waals surface area (Å²) >= 11 is 0. The molecule has 1 unspecified atom stereocenters. The van der Waals surface area contributed by atoms with E-state index in [0.717, 1.165) is 45.7 Å². The van der Waals surface area contributed by atoms with Gasteiger partial charge in [-0.25, -0.2) is 0 Å². The molecule has 1 N–H and O–H groups in total. The summed E-state index contributed by atoms with van der Waals surface area (Å²) in [5.41, 5.74) is 0. The van der Waals surface area contributed by atoms with Crippen molar-refractivity contribution in [1.82, 2.24) is 20.0 Å². The SMILES string of the molecule is CC(CCN1CCN(C(=O)C(C)C)CC1)NC(=O)/C=C/CN(C)C. The summed E-state index contributed by atoms with van der Waals surface area (Å²) in [6.07, 6.45) is 4.39. The number of hydrogen-bond donors (Lipinski definition) is 1. The molecule has 0 spiro atoms. The molecule has 6 nitrogen and oxygen atoms in total. The first kappa shape index (κ1) is 20.6. The van der Waals surface area contributed by atoms with Gasteiger partial charge in [0.05, 0.1) is 0 Å². The van der Waals surface area contributed by atoms with Gasteiger partial charge in [0, 0.05) is 57.3 Å². The van der Waals surface area contributed by atoms with Gasteiger partial charge in [0.25, 0.3) is 0 Å². The van der Waals surface area contributed by atoms with Crippen molar-refractivity contribution in [2.75, 3.05) is 53.4 Å². The first-order valence-electron chi connectivity index (χ1n) is 8.92. The smallest absolute Gasteiger partial charge is 0.243 e. The number of carbonyl (C=O) groups excluding carboxylic acids is 2. The van der Waals surface area contributed by atoms with Crippen molar-refractivity contribution < 1.29 is 9.59 Å². The Hall–Kier alpha value is -1.40. The second kappa shape index (κ2) is 10.5. The molecule has 0 bridgehead atoms. The van der Waals surface area contributed by atoms with E-state index in [1.165, 1.54) is 0 Å². The third kappa shape index (κ3) is 7.93. The molecule has 0 radical (unpaired) electrons. The standard InChI is InChI=1S/C18H34N4O2/c1-15(2)18(24)22-13-11-21(12-14-22)10-8-16(3)19-17(23)7-6-9-20(4)5/h6-7,15-16H,8-14H2,1-5H3,(H,19,23)/b7-6+. The van der Waals surface area contributed by atoms with E-state index in [-0.39, 0.29) is 23.8 Å². The van der Waals surface area contributed by atoms with Gasteiger partial charge >= 0.3 is 0 Å². The second-order valence-electron chi connectivity index (χ2n) is 7.18. The van der Waals surface area contributed by atoms with Crippen LogP contribution in [0.4, 0.5) is 0 Å². The summed E-state index contributed by atoms with van der Waals surface area (Å²) in [5, 5.41) is 3.00.